The highest BCUT2D eigenvalue weighted by Gasteiger charge is 2.47. The highest BCUT2D eigenvalue weighted by atomic mass is 16.7. The zero-order valence-corrected chi connectivity index (χ0v) is 22.5. The third-order valence-electron chi connectivity index (χ3n) is 8.06. The predicted octanol–water partition coefficient (Wildman–Crippen LogP) is 0.500. The molecule has 8 atom stereocenters. The average Bonchev–Trinajstić information content (AvgIpc) is 3.44. The number of methoxy groups -OCH3 is 2. The molecule has 2 aromatic carbocycles. The first-order valence-electron chi connectivity index (χ1n) is 13.3. The van der Waals surface area contributed by atoms with Crippen LogP contribution in [0.5, 0.6) is 28.7 Å². The Kier molecular flexibility index (Phi) is 7.30. The van der Waals surface area contributed by atoms with Crippen molar-refractivity contribution < 1.29 is 58.4 Å². The molecule has 0 saturated carbocycles. The van der Waals surface area contributed by atoms with Gasteiger partial charge in [-0.05, 0) is 23.8 Å². The Balaban J connectivity index is 1.18. The molecular weight excluding hydrogens is 540 g/mol. The van der Waals surface area contributed by atoms with E-state index in [9.17, 15) is 25.2 Å². The summed E-state index contributed by atoms with van der Waals surface area (Å²) in [7, 11) is 3.06. The molecular formula is C29H32O12. The van der Waals surface area contributed by atoms with Gasteiger partial charge in [0.1, 0.15) is 60.5 Å². The van der Waals surface area contributed by atoms with E-state index < -0.39 is 55.4 Å². The number of benzene rings is 2. The third kappa shape index (κ3) is 4.60. The Labute approximate surface area is 235 Å². The summed E-state index contributed by atoms with van der Waals surface area (Å²) in [6, 6.07) is 6.89. The van der Waals surface area contributed by atoms with Gasteiger partial charge in [0.15, 0.2) is 23.6 Å². The molecule has 12 heteroatoms. The Morgan fingerprint density at radius 1 is 1.02 bits per heavy atom. The van der Waals surface area contributed by atoms with Crippen LogP contribution in [-0.2, 0) is 15.9 Å². The summed E-state index contributed by atoms with van der Waals surface area (Å²) in [5.74, 6) is 1.87. The smallest absolute Gasteiger partial charge is 0.187 e. The maximum atomic E-state index is 13.8. The second kappa shape index (κ2) is 10.8. The Bertz CT molecular complexity index is 1360. The second-order valence-electron chi connectivity index (χ2n) is 10.5. The Morgan fingerprint density at radius 3 is 2.51 bits per heavy atom. The topological polar surface area (TPSA) is 163 Å². The number of Topliss-reactive ketones (excluding diaryl/α,β-unsaturated/α-hetero) is 1. The lowest BCUT2D eigenvalue weighted by atomic mass is 9.81. The summed E-state index contributed by atoms with van der Waals surface area (Å²) in [5, 5.41) is 39.6. The van der Waals surface area contributed by atoms with Gasteiger partial charge in [-0.15, -0.1) is 0 Å². The van der Waals surface area contributed by atoms with Crippen molar-refractivity contribution in [1.29, 1.82) is 0 Å². The SMILES string of the molecule is C=C(CO[C@H]1O[C@@H](CO)[C@@H](O)[C@@H](O)[C@H]1O)[C@H]1Cc2c(ccc3c2O[C@H]2COc4cc(OC)c(OC)cc4[C@H]2C3=O)O1. The molecule has 4 aliphatic rings. The van der Waals surface area contributed by atoms with Gasteiger partial charge in [-0.3, -0.25) is 4.79 Å². The number of hydrogen-bond acceptors (Lipinski definition) is 12. The molecule has 0 radical (unpaired) electrons. The Morgan fingerprint density at radius 2 is 1.78 bits per heavy atom. The summed E-state index contributed by atoms with van der Waals surface area (Å²) < 4.78 is 40.3. The van der Waals surface area contributed by atoms with Gasteiger partial charge in [0.2, 0.25) is 0 Å². The van der Waals surface area contributed by atoms with Gasteiger partial charge in [-0.1, -0.05) is 6.58 Å². The van der Waals surface area contributed by atoms with Crippen LogP contribution in [0, 0.1) is 0 Å². The first kappa shape index (κ1) is 27.8. The van der Waals surface area contributed by atoms with Crippen LogP contribution in [0.25, 0.3) is 0 Å². The molecule has 2 aromatic rings. The number of fused-ring (bicyclic) bond motifs is 6. The van der Waals surface area contributed by atoms with E-state index in [1.165, 1.54) is 14.2 Å². The molecule has 4 aliphatic heterocycles. The molecule has 12 nitrogen and oxygen atoms in total. The maximum Gasteiger partial charge on any atom is 0.187 e. The molecule has 4 N–H and O–H groups in total. The molecule has 0 spiro atoms. The zero-order chi connectivity index (χ0) is 29.0. The number of aliphatic hydroxyl groups excluding tert-OH is 4. The summed E-state index contributed by atoms with van der Waals surface area (Å²) in [6.07, 6.45) is -7.62. The number of carbonyl (C=O) groups excluding carboxylic acids is 1. The van der Waals surface area contributed by atoms with Crippen LogP contribution in [-0.4, -0.2) is 103 Å². The summed E-state index contributed by atoms with van der Waals surface area (Å²) in [6.45, 7) is 3.57. The molecule has 6 rings (SSSR count). The van der Waals surface area contributed by atoms with Gasteiger partial charge in [-0.25, -0.2) is 0 Å². The first-order chi connectivity index (χ1) is 19.7. The van der Waals surface area contributed by atoms with Crippen molar-refractivity contribution in [2.24, 2.45) is 0 Å². The number of carbonyl (C=O) groups is 1. The minimum Gasteiger partial charge on any atom is -0.493 e. The normalized spacial score (nSPS) is 31.4. The van der Waals surface area contributed by atoms with E-state index in [2.05, 4.69) is 6.58 Å². The van der Waals surface area contributed by atoms with Gasteiger partial charge < -0.3 is 53.6 Å². The van der Waals surface area contributed by atoms with Crippen molar-refractivity contribution in [1.82, 2.24) is 0 Å². The van der Waals surface area contributed by atoms with E-state index >= 15 is 0 Å². The van der Waals surface area contributed by atoms with Crippen LogP contribution in [0.4, 0.5) is 0 Å². The zero-order valence-electron chi connectivity index (χ0n) is 22.5. The van der Waals surface area contributed by atoms with Crippen molar-refractivity contribution in [3.63, 3.8) is 0 Å². The molecule has 220 valence electrons. The fourth-order valence-electron chi connectivity index (χ4n) is 5.78. The number of rotatable bonds is 7. The standard InChI is InChI=1S/C29H32O12/c1-12(10-38-29-27(34)26(33)25(32)21(9-30)41-29)17-7-15-16(39-17)5-4-13-24(31)23-14-6-19(35-2)20(36-3)8-18(14)37-11-22(23)40-28(13)15/h4-6,8,17,21-23,25-27,29-30,32-34H,1,7,9-11H2,2-3H3/t17-,21+,22+,23-,25-,26-,27-,29+/m1/s1. The number of ketones is 1. The van der Waals surface area contributed by atoms with Gasteiger partial charge in [-0.2, -0.15) is 0 Å². The molecule has 4 heterocycles. The second-order valence-corrected chi connectivity index (χ2v) is 10.5. The largest absolute Gasteiger partial charge is 0.493 e. The molecule has 41 heavy (non-hydrogen) atoms. The highest BCUT2D eigenvalue weighted by Crippen LogP contribution is 2.50. The molecule has 0 aliphatic carbocycles. The van der Waals surface area contributed by atoms with Crippen molar-refractivity contribution in [3.8, 4) is 28.7 Å². The van der Waals surface area contributed by atoms with Crippen LogP contribution in [0.15, 0.2) is 36.4 Å². The lowest BCUT2D eigenvalue weighted by Crippen LogP contribution is -2.59. The average molecular weight is 573 g/mol. The lowest BCUT2D eigenvalue weighted by molar-refractivity contribution is -0.299. The van der Waals surface area contributed by atoms with Gasteiger partial charge >= 0.3 is 0 Å². The number of hydrogen-bond donors (Lipinski definition) is 4. The number of aliphatic hydroxyl groups is 4. The predicted molar refractivity (Wildman–Crippen MR) is 140 cm³/mol. The third-order valence-corrected chi connectivity index (χ3v) is 8.06. The van der Waals surface area contributed by atoms with Crippen molar-refractivity contribution in [2.45, 2.75) is 55.3 Å². The van der Waals surface area contributed by atoms with Crippen LogP contribution in [0.3, 0.4) is 0 Å². The first-order valence-corrected chi connectivity index (χ1v) is 13.3. The van der Waals surface area contributed by atoms with E-state index in [-0.39, 0.29) is 19.0 Å². The fraction of sp³-hybridized carbons (Fsp3) is 0.483. The quantitative estimate of drug-likeness (QED) is 0.341. The van der Waals surface area contributed by atoms with E-state index in [0.717, 1.165) is 5.56 Å². The molecule has 0 amide bonds. The van der Waals surface area contributed by atoms with E-state index in [4.69, 9.17) is 33.2 Å². The van der Waals surface area contributed by atoms with E-state index in [0.29, 0.717) is 51.9 Å². The molecule has 0 bridgehead atoms. The van der Waals surface area contributed by atoms with E-state index in [1.54, 1.807) is 24.3 Å². The summed E-state index contributed by atoms with van der Waals surface area (Å²) >= 11 is 0. The summed E-state index contributed by atoms with van der Waals surface area (Å²) in [5.41, 5.74) is 2.36. The van der Waals surface area contributed by atoms with Gasteiger partial charge in [0.25, 0.3) is 0 Å². The highest BCUT2D eigenvalue weighted by molar-refractivity contribution is 6.06. The minimum atomic E-state index is -1.55. The molecule has 0 unspecified atom stereocenters. The Hall–Kier alpha value is -3.39. The molecule has 1 fully saturated rings. The van der Waals surface area contributed by atoms with Crippen LogP contribution < -0.4 is 23.7 Å². The molecule has 1 saturated heterocycles. The van der Waals surface area contributed by atoms with E-state index in [1.807, 2.05) is 0 Å². The fourth-order valence-corrected chi connectivity index (χ4v) is 5.78. The monoisotopic (exact) mass is 572 g/mol. The van der Waals surface area contributed by atoms with Crippen LogP contribution in [0.2, 0.25) is 0 Å². The van der Waals surface area contributed by atoms with Gasteiger partial charge in [0.05, 0.1) is 38.9 Å². The lowest BCUT2D eigenvalue weighted by Gasteiger charge is -2.39. The van der Waals surface area contributed by atoms with Crippen LogP contribution >= 0.6 is 0 Å². The maximum absolute atomic E-state index is 13.8. The van der Waals surface area contributed by atoms with Crippen molar-refractivity contribution >= 4 is 5.78 Å². The minimum absolute atomic E-state index is 0.0933. The van der Waals surface area contributed by atoms with Crippen molar-refractivity contribution in [2.75, 3.05) is 34.0 Å². The molecule has 0 aromatic heterocycles. The van der Waals surface area contributed by atoms with Crippen LogP contribution in [0.1, 0.15) is 27.4 Å². The number of ether oxygens (including phenoxy) is 7. The van der Waals surface area contributed by atoms with Crippen molar-refractivity contribution in [3.05, 3.63) is 53.1 Å². The summed E-state index contributed by atoms with van der Waals surface area (Å²) in [4.78, 5) is 13.8. The van der Waals surface area contributed by atoms with Gasteiger partial charge in [0, 0.05) is 23.6 Å².